The quantitative estimate of drug-likeness (QED) is 0.669. The van der Waals surface area contributed by atoms with Crippen LogP contribution in [0, 0.1) is 17.3 Å². The number of hydrogen-bond donors (Lipinski definition) is 1. The first-order valence-electron chi connectivity index (χ1n) is 9.85. The van der Waals surface area contributed by atoms with Gasteiger partial charge in [0.1, 0.15) is 5.00 Å². The van der Waals surface area contributed by atoms with E-state index in [9.17, 15) is 9.59 Å². The van der Waals surface area contributed by atoms with Crippen molar-refractivity contribution in [1.82, 2.24) is 0 Å². The number of nitrogens with one attached hydrogen (secondary N) is 1. The molecule has 146 valence electrons. The maximum absolute atomic E-state index is 12.6. The van der Waals surface area contributed by atoms with Crippen LogP contribution in [0.4, 0.5) is 5.00 Å². The fourth-order valence-corrected chi connectivity index (χ4v) is 5.02. The number of amides is 1. The molecule has 0 bridgehead atoms. The van der Waals surface area contributed by atoms with Crippen molar-refractivity contribution >= 4 is 28.2 Å². The number of ether oxygens (including phenoxy) is 1. The second-order valence-corrected chi connectivity index (χ2v) is 9.34. The van der Waals surface area contributed by atoms with Crippen molar-refractivity contribution in [2.45, 2.75) is 73.6 Å². The summed E-state index contributed by atoms with van der Waals surface area (Å²) in [5.74, 6) is 0.267. The molecule has 0 aromatic carbocycles. The van der Waals surface area contributed by atoms with Gasteiger partial charge in [0.25, 0.3) is 0 Å². The van der Waals surface area contributed by atoms with Crippen LogP contribution in [0.1, 0.15) is 81.6 Å². The highest BCUT2D eigenvalue weighted by molar-refractivity contribution is 7.17. The number of carbonyl (C=O) groups excluding carboxylic acids is 2. The Morgan fingerprint density at radius 3 is 2.42 bits per heavy atom. The Morgan fingerprint density at radius 2 is 1.88 bits per heavy atom. The third-order valence-corrected chi connectivity index (χ3v) is 6.73. The molecular weight excluding hydrogens is 346 g/mol. The van der Waals surface area contributed by atoms with E-state index >= 15 is 0 Å². The fourth-order valence-electron chi connectivity index (χ4n) is 3.71. The molecule has 1 heterocycles. The van der Waals surface area contributed by atoms with Crippen molar-refractivity contribution in [2.75, 3.05) is 11.9 Å². The zero-order valence-corrected chi connectivity index (χ0v) is 17.8. The first-order valence-corrected chi connectivity index (χ1v) is 10.7. The highest BCUT2D eigenvalue weighted by atomic mass is 32.1. The molecule has 0 unspecified atom stereocenters. The lowest BCUT2D eigenvalue weighted by atomic mass is 9.72. The van der Waals surface area contributed by atoms with Crippen molar-refractivity contribution in [1.29, 1.82) is 0 Å². The predicted molar refractivity (Wildman–Crippen MR) is 108 cm³/mol. The smallest absolute Gasteiger partial charge is 0.341 e. The molecule has 26 heavy (non-hydrogen) atoms. The van der Waals surface area contributed by atoms with E-state index in [-0.39, 0.29) is 23.2 Å². The molecule has 0 aliphatic heterocycles. The van der Waals surface area contributed by atoms with Crippen molar-refractivity contribution in [3.8, 4) is 0 Å². The Hall–Kier alpha value is -1.36. The maximum Gasteiger partial charge on any atom is 0.341 e. The molecule has 1 atom stereocenters. The minimum absolute atomic E-state index is 0.00603. The zero-order chi connectivity index (χ0) is 19.5. The minimum atomic E-state index is -0.306. The lowest BCUT2D eigenvalue weighted by Crippen LogP contribution is -2.26. The summed E-state index contributed by atoms with van der Waals surface area (Å²) in [5.41, 5.74) is 1.93. The van der Waals surface area contributed by atoms with Crippen LogP contribution in [0.5, 0.6) is 0 Å². The van der Waals surface area contributed by atoms with Gasteiger partial charge in [-0.1, -0.05) is 34.6 Å². The third kappa shape index (κ3) is 4.48. The Balaban J connectivity index is 2.37. The van der Waals surface area contributed by atoms with E-state index in [0.29, 0.717) is 23.1 Å². The van der Waals surface area contributed by atoms with Crippen LogP contribution in [0.2, 0.25) is 0 Å². The molecule has 4 nitrogen and oxygen atoms in total. The topological polar surface area (TPSA) is 55.4 Å². The molecule has 0 radical (unpaired) electrons. The van der Waals surface area contributed by atoms with Crippen LogP contribution in [0.15, 0.2) is 0 Å². The summed E-state index contributed by atoms with van der Waals surface area (Å²) in [5, 5.41) is 3.72. The largest absolute Gasteiger partial charge is 0.462 e. The second-order valence-electron chi connectivity index (χ2n) is 8.24. The monoisotopic (exact) mass is 379 g/mol. The van der Waals surface area contributed by atoms with Gasteiger partial charge >= 0.3 is 5.97 Å². The predicted octanol–water partition coefficient (Wildman–Crippen LogP) is 5.45. The average Bonchev–Trinajstić information content (AvgIpc) is 2.92. The summed E-state index contributed by atoms with van der Waals surface area (Å²) in [6, 6.07) is 0. The number of anilines is 1. The molecule has 0 spiro atoms. The molecule has 0 saturated heterocycles. The van der Waals surface area contributed by atoms with E-state index in [0.717, 1.165) is 37.7 Å². The summed E-state index contributed by atoms with van der Waals surface area (Å²) in [6.45, 7) is 13.0. The van der Waals surface area contributed by atoms with Gasteiger partial charge in [0, 0.05) is 10.8 Å². The Bertz CT molecular complexity index is 653. The normalized spacial score (nSPS) is 17.1. The van der Waals surface area contributed by atoms with Crippen LogP contribution in [-0.4, -0.2) is 18.5 Å². The van der Waals surface area contributed by atoms with Gasteiger partial charge in [0.2, 0.25) is 5.91 Å². The van der Waals surface area contributed by atoms with Gasteiger partial charge in [-0.25, -0.2) is 4.79 Å². The Kier molecular flexibility index (Phi) is 6.89. The van der Waals surface area contributed by atoms with E-state index in [1.165, 1.54) is 4.88 Å². The van der Waals surface area contributed by atoms with Crippen LogP contribution >= 0.6 is 11.3 Å². The number of fused-ring (bicyclic) bond motifs is 1. The number of thiophene rings is 1. The van der Waals surface area contributed by atoms with Gasteiger partial charge in [-0.05, 0) is 55.9 Å². The molecule has 0 fully saturated rings. The van der Waals surface area contributed by atoms with Gasteiger partial charge < -0.3 is 10.1 Å². The average molecular weight is 380 g/mol. The molecule has 1 amide bonds. The fraction of sp³-hybridized carbons (Fsp3) is 0.714. The van der Waals surface area contributed by atoms with Crippen LogP contribution < -0.4 is 5.32 Å². The molecule has 1 aliphatic carbocycles. The van der Waals surface area contributed by atoms with Crippen molar-refractivity contribution < 1.29 is 14.3 Å². The lowest BCUT2D eigenvalue weighted by molar-refractivity contribution is -0.120. The minimum Gasteiger partial charge on any atom is -0.462 e. The maximum atomic E-state index is 12.6. The Labute approximate surface area is 161 Å². The number of carbonyl (C=O) groups is 2. The standard InChI is InChI=1S/C21H33NO3S/c1-7-13(8-2)18(23)22-19-17(20(24)25-9-3)15-11-10-14(21(4,5)6)12-16(15)26-19/h13-14H,7-12H2,1-6H3,(H,22,23)/t14-/m0/s1. The van der Waals surface area contributed by atoms with Crippen molar-refractivity contribution in [3.63, 3.8) is 0 Å². The second kappa shape index (κ2) is 8.55. The van der Waals surface area contributed by atoms with Crippen LogP contribution in [-0.2, 0) is 22.4 Å². The summed E-state index contributed by atoms with van der Waals surface area (Å²) >= 11 is 1.57. The summed E-state index contributed by atoms with van der Waals surface area (Å²) in [6.07, 6.45) is 4.52. The van der Waals surface area contributed by atoms with E-state index in [4.69, 9.17) is 4.74 Å². The molecule has 1 N–H and O–H groups in total. The van der Waals surface area contributed by atoms with E-state index in [2.05, 4.69) is 26.1 Å². The van der Waals surface area contributed by atoms with E-state index in [1.54, 1.807) is 11.3 Å². The van der Waals surface area contributed by atoms with Gasteiger partial charge in [-0.2, -0.15) is 0 Å². The molecule has 1 aromatic heterocycles. The number of hydrogen-bond acceptors (Lipinski definition) is 4. The van der Waals surface area contributed by atoms with Crippen molar-refractivity contribution in [3.05, 3.63) is 16.0 Å². The SMILES string of the molecule is CCOC(=O)c1c(NC(=O)C(CC)CC)sc2c1CC[C@H](C(C)(C)C)C2. The van der Waals surface area contributed by atoms with Crippen LogP contribution in [0.3, 0.4) is 0 Å². The summed E-state index contributed by atoms with van der Waals surface area (Å²) < 4.78 is 5.30. The molecule has 1 aliphatic rings. The first kappa shape index (κ1) is 20.9. The number of esters is 1. The first-order chi connectivity index (χ1) is 12.2. The Morgan fingerprint density at radius 1 is 1.23 bits per heavy atom. The summed E-state index contributed by atoms with van der Waals surface area (Å²) in [4.78, 5) is 26.4. The van der Waals surface area contributed by atoms with E-state index in [1.807, 2.05) is 20.8 Å². The van der Waals surface area contributed by atoms with Crippen molar-refractivity contribution in [2.24, 2.45) is 17.3 Å². The summed E-state index contributed by atoms with van der Waals surface area (Å²) in [7, 11) is 0. The molecular formula is C21H33NO3S. The third-order valence-electron chi connectivity index (χ3n) is 5.56. The van der Waals surface area contributed by atoms with Gasteiger partial charge in [-0.15, -0.1) is 11.3 Å². The van der Waals surface area contributed by atoms with Gasteiger partial charge in [0.05, 0.1) is 12.2 Å². The molecule has 2 rings (SSSR count). The van der Waals surface area contributed by atoms with Gasteiger partial charge in [0.15, 0.2) is 0 Å². The highest BCUT2D eigenvalue weighted by Gasteiger charge is 2.34. The zero-order valence-electron chi connectivity index (χ0n) is 17.0. The van der Waals surface area contributed by atoms with E-state index < -0.39 is 0 Å². The highest BCUT2D eigenvalue weighted by Crippen LogP contribution is 2.44. The molecule has 1 aromatic rings. The molecule has 5 heteroatoms. The lowest BCUT2D eigenvalue weighted by Gasteiger charge is -2.33. The molecule has 0 saturated carbocycles. The van der Waals surface area contributed by atoms with Crippen LogP contribution in [0.25, 0.3) is 0 Å². The number of rotatable bonds is 6. The van der Waals surface area contributed by atoms with Gasteiger partial charge in [-0.3, -0.25) is 4.79 Å².